The molecule has 2 aromatic heterocycles. The summed E-state index contributed by atoms with van der Waals surface area (Å²) in [6.45, 7) is 4.99. The lowest BCUT2D eigenvalue weighted by Crippen LogP contribution is -2.37. The molecule has 2 amide bonds. The van der Waals surface area contributed by atoms with Gasteiger partial charge in [-0.1, -0.05) is 12.1 Å². The third-order valence-corrected chi connectivity index (χ3v) is 6.41. The molecule has 5 rings (SSSR count). The Morgan fingerprint density at radius 2 is 1.79 bits per heavy atom. The number of benzene rings is 1. The Balaban J connectivity index is 1.56. The SMILES string of the molecule is CNC(=O)Nc1ccc(-c2nc(N3CCOCC3)nc3c2cnn3C2CCN(C)CC2)cc1. The number of hydrogen-bond donors (Lipinski definition) is 2. The molecule has 1 aromatic carbocycles. The molecule has 4 heterocycles. The van der Waals surface area contributed by atoms with Crippen LogP contribution in [0.4, 0.5) is 16.4 Å². The molecule has 0 saturated carbocycles. The predicted molar refractivity (Wildman–Crippen MR) is 128 cm³/mol. The third-order valence-electron chi connectivity index (χ3n) is 6.41. The number of rotatable bonds is 4. The zero-order valence-corrected chi connectivity index (χ0v) is 19.1. The van der Waals surface area contributed by atoms with Crippen LogP contribution < -0.4 is 15.5 Å². The van der Waals surface area contributed by atoms with E-state index >= 15 is 0 Å². The quantitative estimate of drug-likeness (QED) is 0.629. The number of nitrogens with zero attached hydrogens (tertiary/aromatic N) is 6. The van der Waals surface area contributed by atoms with Crippen molar-refractivity contribution in [3.63, 3.8) is 0 Å². The molecule has 0 spiro atoms. The van der Waals surface area contributed by atoms with E-state index in [9.17, 15) is 4.79 Å². The second kappa shape index (κ2) is 9.32. The summed E-state index contributed by atoms with van der Waals surface area (Å²) >= 11 is 0. The Morgan fingerprint density at radius 1 is 1.06 bits per heavy atom. The van der Waals surface area contributed by atoms with Crippen LogP contribution in [0.25, 0.3) is 22.3 Å². The van der Waals surface area contributed by atoms with E-state index in [0.717, 1.165) is 67.0 Å². The van der Waals surface area contributed by atoms with E-state index in [2.05, 4.69) is 32.2 Å². The van der Waals surface area contributed by atoms with E-state index in [1.54, 1.807) is 7.05 Å². The fourth-order valence-corrected chi connectivity index (χ4v) is 4.45. The van der Waals surface area contributed by atoms with Gasteiger partial charge in [0.25, 0.3) is 0 Å². The van der Waals surface area contributed by atoms with Gasteiger partial charge >= 0.3 is 6.03 Å². The molecule has 2 aliphatic rings. The second-order valence-corrected chi connectivity index (χ2v) is 8.61. The minimum atomic E-state index is -0.249. The van der Waals surface area contributed by atoms with Crippen LogP contribution in [0, 0.1) is 0 Å². The summed E-state index contributed by atoms with van der Waals surface area (Å²) in [6, 6.07) is 7.80. The summed E-state index contributed by atoms with van der Waals surface area (Å²) in [6.07, 6.45) is 4.00. The highest BCUT2D eigenvalue weighted by molar-refractivity contribution is 5.93. The van der Waals surface area contributed by atoms with Gasteiger partial charge in [-0.3, -0.25) is 0 Å². The van der Waals surface area contributed by atoms with Crippen molar-refractivity contribution in [2.24, 2.45) is 0 Å². The largest absolute Gasteiger partial charge is 0.378 e. The molecule has 10 nitrogen and oxygen atoms in total. The molecule has 2 N–H and O–H groups in total. The number of nitrogens with one attached hydrogen (secondary N) is 2. The monoisotopic (exact) mass is 450 g/mol. The van der Waals surface area contributed by atoms with Crippen molar-refractivity contribution in [3.05, 3.63) is 30.5 Å². The van der Waals surface area contributed by atoms with Gasteiger partial charge < -0.3 is 25.2 Å². The summed E-state index contributed by atoms with van der Waals surface area (Å²) < 4.78 is 7.63. The van der Waals surface area contributed by atoms with Gasteiger partial charge in [-0.2, -0.15) is 10.1 Å². The molecule has 33 heavy (non-hydrogen) atoms. The maximum absolute atomic E-state index is 11.6. The molecule has 3 aromatic rings. The highest BCUT2D eigenvalue weighted by atomic mass is 16.5. The van der Waals surface area contributed by atoms with Gasteiger partial charge in [-0.15, -0.1) is 0 Å². The molecule has 0 atom stereocenters. The zero-order chi connectivity index (χ0) is 22.8. The molecule has 2 fully saturated rings. The molecule has 174 valence electrons. The number of likely N-dealkylation sites (tertiary alicyclic amines) is 1. The summed E-state index contributed by atoms with van der Waals surface area (Å²) in [4.78, 5) is 26.1. The van der Waals surface area contributed by atoms with Crippen LogP contribution in [0.15, 0.2) is 30.5 Å². The normalized spacial score (nSPS) is 17.9. The third kappa shape index (κ3) is 4.49. The lowest BCUT2D eigenvalue weighted by Gasteiger charge is -2.30. The number of carbonyl (C=O) groups excluding carboxylic acids is 1. The lowest BCUT2D eigenvalue weighted by atomic mass is 10.1. The number of ether oxygens (including phenoxy) is 1. The van der Waals surface area contributed by atoms with Crippen LogP contribution in [-0.4, -0.2) is 84.2 Å². The van der Waals surface area contributed by atoms with Crippen LogP contribution >= 0.6 is 0 Å². The van der Waals surface area contributed by atoms with E-state index in [-0.39, 0.29) is 6.03 Å². The minimum Gasteiger partial charge on any atom is -0.378 e. The minimum absolute atomic E-state index is 0.249. The molecule has 2 aliphatic heterocycles. The van der Waals surface area contributed by atoms with E-state index in [4.69, 9.17) is 19.8 Å². The molecule has 0 aliphatic carbocycles. The molecule has 0 unspecified atom stereocenters. The molecular weight excluding hydrogens is 420 g/mol. The smallest absolute Gasteiger partial charge is 0.318 e. The first-order chi connectivity index (χ1) is 16.1. The predicted octanol–water partition coefficient (Wildman–Crippen LogP) is 2.35. The van der Waals surface area contributed by atoms with Crippen LogP contribution in [0.3, 0.4) is 0 Å². The Labute approximate surface area is 192 Å². The van der Waals surface area contributed by atoms with Crippen LogP contribution in [0.5, 0.6) is 0 Å². The van der Waals surface area contributed by atoms with Crippen molar-refractivity contribution in [3.8, 4) is 11.3 Å². The van der Waals surface area contributed by atoms with Crippen molar-refractivity contribution in [2.45, 2.75) is 18.9 Å². The second-order valence-electron chi connectivity index (χ2n) is 8.61. The van der Waals surface area contributed by atoms with Crippen molar-refractivity contribution >= 4 is 28.7 Å². The first kappa shape index (κ1) is 21.6. The number of amides is 2. The van der Waals surface area contributed by atoms with Crippen molar-refractivity contribution in [2.75, 3.05) is 63.7 Å². The highest BCUT2D eigenvalue weighted by Crippen LogP contribution is 2.32. The van der Waals surface area contributed by atoms with Gasteiger partial charge in [-0.25, -0.2) is 14.5 Å². The lowest BCUT2D eigenvalue weighted by molar-refractivity contribution is 0.122. The number of aromatic nitrogens is 4. The standard InChI is InChI=1S/C23H30N8O2/c1-24-23(32)26-17-5-3-16(4-6-17)20-19-15-25-31(18-7-9-29(2)10-8-18)21(19)28-22(27-20)30-11-13-33-14-12-30/h3-6,15,18H,7-14H2,1-2H3,(H2,24,26,32). The van der Waals surface area contributed by atoms with Crippen molar-refractivity contribution < 1.29 is 9.53 Å². The number of hydrogen-bond acceptors (Lipinski definition) is 7. The Kier molecular flexibility index (Phi) is 6.10. The average molecular weight is 451 g/mol. The van der Waals surface area contributed by atoms with Gasteiger partial charge in [0.05, 0.1) is 36.5 Å². The van der Waals surface area contributed by atoms with Crippen molar-refractivity contribution in [1.82, 2.24) is 30.0 Å². The first-order valence-corrected chi connectivity index (χ1v) is 11.5. The number of piperidine rings is 1. The van der Waals surface area contributed by atoms with Gasteiger partial charge in [0, 0.05) is 31.4 Å². The average Bonchev–Trinajstić information content (AvgIpc) is 3.29. The molecule has 0 bridgehead atoms. The number of urea groups is 1. The van der Waals surface area contributed by atoms with Gasteiger partial charge in [0.1, 0.15) is 0 Å². The van der Waals surface area contributed by atoms with Gasteiger partial charge in [0.15, 0.2) is 5.65 Å². The maximum Gasteiger partial charge on any atom is 0.318 e. The zero-order valence-electron chi connectivity index (χ0n) is 19.1. The van der Waals surface area contributed by atoms with Crippen LogP contribution in [0.1, 0.15) is 18.9 Å². The van der Waals surface area contributed by atoms with Crippen LogP contribution in [0.2, 0.25) is 0 Å². The Bertz CT molecular complexity index is 1120. The Morgan fingerprint density at radius 3 is 2.48 bits per heavy atom. The molecular formula is C23H30N8O2. The van der Waals surface area contributed by atoms with Crippen molar-refractivity contribution in [1.29, 1.82) is 0 Å². The topological polar surface area (TPSA) is 100 Å². The summed E-state index contributed by atoms with van der Waals surface area (Å²) in [5.41, 5.74) is 3.41. The number of anilines is 2. The number of carbonyl (C=O) groups is 1. The number of fused-ring (bicyclic) bond motifs is 1. The maximum atomic E-state index is 11.6. The number of morpholine rings is 1. The van der Waals surface area contributed by atoms with E-state index in [1.165, 1.54) is 0 Å². The summed E-state index contributed by atoms with van der Waals surface area (Å²) in [7, 11) is 3.76. The molecule has 0 radical (unpaired) electrons. The molecule has 10 heteroatoms. The van der Waals surface area contributed by atoms with E-state index in [1.807, 2.05) is 30.5 Å². The first-order valence-electron chi connectivity index (χ1n) is 11.5. The fraction of sp³-hybridized carbons (Fsp3) is 0.478. The Hall–Kier alpha value is -3.24. The summed E-state index contributed by atoms with van der Waals surface area (Å²) in [5, 5.41) is 11.1. The van der Waals surface area contributed by atoms with E-state index in [0.29, 0.717) is 25.2 Å². The van der Waals surface area contributed by atoms with Gasteiger partial charge in [0.2, 0.25) is 5.95 Å². The molecule has 2 saturated heterocycles. The summed E-state index contributed by atoms with van der Waals surface area (Å²) in [5.74, 6) is 0.711. The highest BCUT2D eigenvalue weighted by Gasteiger charge is 2.24. The fourth-order valence-electron chi connectivity index (χ4n) is 4.45. The van der Waals surface area contributed by atoms with Crippen LogP contribution in [-0.2, 0) is 4.74 Å². The van der Waals surface area contributed by atoms with E-state index < -0.39 is 0 Å². The van der Waals surface area contributed by atoms with Gasteiger partial charge in [-0.05, 0) is 45.1 Å².